The highest BCUT2D eigenvalue weighted by Gasteiger charge is 2.09. The van der Waals surface area contributed by atoms with Crippen LogP contribution in [0.5, 0.6) is 0 Å². The highest BCUT2D eigenvalue weighted by molar-refractivity contribution is 5.88. The predicted molar refractivity (Wildman–Crippen MR) is 83.8 cm³/mol. The van der Waals surface area contributed by atoms with Crippen molar-refractivity contribution >= 4 is 22.3 Å². The number of aryl methyl sites for hydroxylation is 1. The van der Waals surface area contributed by atoms with Gasteiger partial charge in [-0.15, -0.1) is 0 Å². The Kier molecular flexibility index (Phi) is 3.06. The van der Waals surface area contributed by atoms with Gasteiger partial charge in [0.1, 0.15) is 0 Å². The van der Waals surface area contributed by atoms with E-state index in [0.29, 0.717) is 0 Å². The molecule has 3 N–H and O–H groups in total. The van der Waals surface area contributed by atoms with Crippen molar-refractivity contribution in [2.75, 3.05) is 17.7 Å². The van der Waals surface area contributed by atoms with Gasteiger partial charge in [0.2, 0.25) is 0 Å². The second kappa shape index (κ2) is 4.89. The lowest BCUT2D eigenvalue weighted by molar-refractivity contribution is 0.924. The first kappa shape index (κ1) is 12.5. The van der Waals surface area contributed by atoms with E-state index in [4.69, 9.17) is 5.73 Å². The van der Waals surface area contributed by atoms with E-state index in [1.54, 1.807) is 6.20 Å². The lowest BCUT2D eigenvalue weighted by atomic mass is 10.1. The van der Waals surface area contributed by atoms with E-state index < -0.39 is 0 Å². The van der Waals surface area contributed by atoms with Crippen LogP contribution in [0.2, 0.25) is 0 Å². The summed E-state index contributed by atoms with van der Waals surface area (Å²) in [5, 5.41) is 8.06. The molecule has 0 atom stereocenters. The van der Waals surface area contributed by atoms with Crippen LogP contribution in [-0.2, 0) is 6.54 Å². The second-order valence-corrected chi connectivity index (χ2v) is 5.21. The van der Waals surface area contributed by atoms with E-state index in [1.165, 1.54) is 11.1 Å². The quantitative estimate of drug-likeness (QED) is 0.716. The number of nitrogens with two attached hydrogens (primary N) is 1. The largest absolute Gasteiger partial charge is 0.397 e. The minimum atomic E-state index is 0.772. The van der Waals surface area contributed by atoms with Crippen molar-refractivity contribution in [1.82, 2.24) is 10.2 Å². The third-order valence-electron chi connectivity index (χ3n) is 3.50. The third-order valence-corrected chi connectivity index (χ3v) is 3.50. The molecule has 0 unspecified atom stereocenters. The van der Waals surface area contributed by atoms with Crippen LogP contribution < -0.4 is 10.6 Å². The summed E-state index contributed by atoms with van der Waals surface area (Å²) in [4.78, 5) is 2.16. The van der Waals surface area contributed by atoms with Crippen LogP contribution in [-0.4, -0.2) is 17.2 Å². The monoisotopic (exact) mass is 266 g/mol. The highest BCUT2D eigenvalue weighted by Crippen LogP contribution is 2.28. The van der Waals surface area contributed by atoms with Crippen molar-refractivity contribution < 1.29 is 0 Å². The lowest BCUT2D eigenvalue weighted by Gasteiger charge is -2.21. The number of hydrogen-bond acceptors (Lipinski definition) is 3. The molecule has 0 bridgehead atoms. The molecule has 20 heavy (non-hydrogen) atoms. The van der Waals surface area contributed by atoms with E-state index in [1.807, 2.05) is 12.1 Å². The normalized spacial score (nSPS) is 10.9. The topological polar surface area (TPSA) is 57.9 Å². The molecule has 1 heterocycles. The Morgan fingerprint density at radius 3 is 2.90 bits per heavy atom. The summed E-state index contributed by atoms with van der Waals surface area (Å²) in [6, 6.07) is 12.5. The number of nitrogens with zero attached hydrogens (tertiary/aromatic N) is 2. The number of rotatable bonds is 3. The molecule has 0 amide bonds. The summed E-state index contributed by atoms with van der Waals surface area (Å²) < 4.78 is 0. The fourth-order valence-corrected chi connectivity index (χ4v) is 2.50. The molecule has 0 aliphatic rings. The first-order chi connectivity index (χ1) is 9.63. The van der Waals surface area contributed by atoms with E-state index in [-0.39, 0.29) is 0 Å². The van der Waals surface area contributed by atoms with Gasteiger partial charge >= 0.3 is 0 Å². The minimum Gasteiger partial charge on any atom is -0.397 e. The van der Waals surface area contributed by atoms with Crippen molar-refractivity contribution in [3.63, 3.8) is 0 Å². The van der Waals surface area contributed by atoms with E-state index in [9.17, 15) is 0 Å². The molecular formula is C16H18N4. The molecule has 0 radical (unpaired) electrons. The fraction of sp³-hybridized carbons (Fsp3) is 0.188. The van der Waals surface area contributed by atoms with Gasteiger partial charge in [-0.25, -0.2) is 0 Å². The summed E-state index contributed by atoms with van der Waals surface area (Å²) in [6.07, 6.45) is 1.79. The Bertz CT molecular complexity index is 745. The number of nitrogen functional groups attached to an aromatic ring is 1. The summed E-state index contributed by atoms with van der Waals surface area (Å²) in [6.45, 7) is 2.93. The lowest BCUT2D eigenvalue weighted by Crippen LogP contribution is -2.17. The third kappa shape index (κ3) is 2.32. The maximum Gasteiger partial charge on any atom is 0.0672 e. The molecule has 0 spiro atoms. The first-order valence-corrected chi connectivity index (χ1v) is 6.63. The van der Waals surface area contributed by atoms with Gasteiger partial charge < -0.3 is 10.6 Å². The summed E-state index contributed by atoms with van der Waals surface area (Å²) in [5.41, 5.74) is 11.5. The molecule has 0 aliphatic carbocycles. The van der Waals surface area contributed by atoms with Crippen LogP contribution in [0.4, 0.5) is 11.4 Å². The summed E-state index contributed by atoms with van der Waals surface area (Å²) in [7, 11) is 2.05. The van der Waals surface area contributed by atoms with Crippen molar-refractivity contribution in [3.05, 3.63) is 53.7 Å². The maximum absolute atomic E-state index is 6.15. The number of aromatic nitrogens is 2. The molecule has 2 aromatic carbocycles. The Balaban J connectivity index is 1.91. The van der Waals surface area contributed by atoms with Gasteiger partial charge in [-0.3, -0.25) is 5.10 Å². The molecule has 0 saturated carbocycles. The molecular weight excluding hydrogens is 248 g/mol. The van der Waals surface area contributed by atoms with Crippen molar-refractivity contribution in [1.29, 1.82) is 0 Å². The van der Waals surface area contributed by atoms with Crippen LogP contribution in [0.25, 0.3) is 10.9 Å². The number of H-pyrrole nitrogens is 1. The number of hydrogen-bond donors (Lipinski definition) is 2. The number of anilines is 2. The molecule has 1 aromatic heterocycles. The maximum atomic E-state index is 6.15. The Hall–Kier alpha value is -2.49. The van der Waals surface area contributed by atoms with Gasteiger partial charge in [0.25, 0.3) is 0 Å². The number of fused-ring (bicyclic) bond motifs is 1. The van der Waals surface area contributed by atoms with Crippen molar-refractivity contribution in [2.24, 2.45) is 0 Å². The first-order valence-electron chi connectivity index (χ1n) is 6.63. The summed E-state index contributed by atoms with van der Waals surface area (Å²) in [5.74, 6) is 0. The fourth-order valence-electron chi connectivity index (χ4n) is 2.50. The number of nitrogens with one attached hydrogen (secondary N) is 1. The Morgan fingerprint density at radius 2 is 2.10 bits per heavy atom. The van der Waals surface area contributed by atoms with E-state index >= 15 is 0 Å². The second-order valence-electron chi connectivity index (χ2n) is 5.21. The van der Waals surface area contributed by atoms with Crippen molar-refractivity contribution in [3.8, 4) is 0 Å². The molecule has 102 valence electrons. The van der Waals surface area contributed by atoms with Gasteiger partial charge in [-0.05, 0) is 24.6 Å². The SMILES string of the molecule is Cc1cccc(CN(C)c2cc3[nH]ncc3cc2N)c1. The van der Waals surface area contributed by atoms with E-state index in [2.05, 4.69) is 53.3 Å². The summed E-state index contributed by atoms with van der Waals surface area (Å²) >= 11 is 0. The number of benzene rings is 2. The smallest absolute Gasteiger partial charge is 0.0672 e. The van der Waals surface area contributed by atoms with Gasteiger partial charge in [0, 0.05) is 19.0 Å². The average molecular weight is 266 g/mol. The zero-order valence-corrected chi connectivity index (χ0v) is 11.7. The van der Waals surface area contributed by atoms with E-state index in [0.717, 1.165) is 28.8 Å². The Labute approximate surface area is 118 Å². The molecule has 3 aromatic rings. The average Bonchev–Trinajstić information content (AvgIpc) is 2.84. The zero-order valence-electron chi connectivity index (χ0n) is 11.7. The van der Waals surface area contributed by atoms with Crippen LogP contribution in [0, 0.1) is 6.92 Å². The Morgan fingerprint density at radius 1 is 1.25 bits per heavy atom. The van der Waals surface area contributed by atoms with Crippen LogP contribution >= 0.6 is 0 Å². The zero-order chi connectivity index (χ0) is 14.1. The van der Waals surface area contributed by atoms with Crippen LogP contribution in [0.15, 0.2) is 42.6 Å². The minimum absolute atomic E-state index is 0.772. The highest BCUT2D eigenvalue weighted by atomic mass is 15.1. The number of aromatic amines is 1. The van der Waals surface area contributed by atoms with Gasteiger partial charge in [-0.1, -0.05) is 29.8 Å². The molecule has 4 nitrogen and oxygen atoms in total. The van der Waals surface area contributed by atoms with Crippen LogP contribution in [0.1, 0.15) is 11.1 Å². The molecule has 0 fully saturated rings. The van der Waals surface area contributed by atoms with Crippen molar-refractivity contribution in [2.45, 2.75) is 13.5 Å². The molecule has 0 saturated heterocycles. The standard InChI is InChI=1S/C16H18N4/c1-11-4-3-5-12(6-11)10-20(2)16-8-15-13(7-14(16)17)9-18-19-15/h3-9H,10,17H2,1-2H3,(H,18,19). The van der Waals surface area contributed by atoms with Gasteiger partial charge in [-0.2, -0.15) is 5.10 Å². The predicted octanol–water partition coefficient (Wildman–Crippen LogP) is 3.09. The van der Waals surface area contributed by atoms with Crippen LogP contribution in [0.3, 0.4) is 0 Å². The molecule has 4 heteroatoms. The molecule has 3 rings (SSSR count). The van der Waals surface area contributed by atoms with Gasteiger partial charge in [0.05, 0.1) is 23.1 Å². The molecule has 0 aliphatic heterocycles. The van der Waals surface area contributed by atoms with Gasteiger partial charge in [0.15, 0.2) is 0 Å².